The average molecular weight is 207 g/mol. The lowest BCUT2D eigenvalue weighted by atomic mass is 10.2. The van der Waals surface area contributed by atoms with Gasteiger partial charge < -0.3 is 4.74 Å². The molecule has 0 spiro atoms. The lowest BCUT2D eigenvalue weighted by Gasteiger charge is -2.04. The van der Waals surface area contributed by atoms with Gasteiger partial charge in [-0.25, -0.2) is 0 Å². The van der Waals surface area contributed by atoms with Crippen LogP contribution in [0.3, 0.4) is 0 Å². The summed E-state index contributed by atoms with van der Waals surface area (Å²) in [5, 5.41) is 2.82. The van der Waals surface area contributed by atoms with E-state index < -0.39 is 0 Å². The Labute approximate surface area is 90.4 Å². The van der Waals surface area contributed by atoms with Crippen LogP contribution in [-0.2, 0) is 0 Å². The van der Waals surface area contributed by atoms with Crippen molar-refractivity contribution in [3.63, 3.8) is 0 Å². The molecule has 0 amide bonds. The fourth-order valence-electron chi connectivity index (χ4n) is 1.34. The third-order valence-corrected chi connectivity index (χ3v) is 2.16. The van der Waals surface area contributed by atoms with Crippen molar-refractivity contribution >= 4 is 0 Å². The Morgan fingerprint density at radius 2 is 1.73 bits per heavy atom. The predicted octanol–water partition coefficient (Wildman–Crippen LogP) is 3.39. The van der Waals surface area contributed by atoms with Gasteiger partial charge in [0, 0.05) is 0 Å². The number of unbranched alkanes of at least 4 members (excludes halogenated alkanes) is 3. The zero-order chi connectivity index (χ0) is 10.8. The molecule has 0 radical (unpaired) electrons. The second-order valence-corrected chi connectivity index (χ2v) is 3.43. The summed E-state index contributed by atoms with van der Waals surface area (Å²) in [6, 6.07) is 9.81. The van der Waals surface area contributed by atoms with Gasteiger partial charge in [-0.3, -0.25) is 0 Å². The van der Waals surface area contributed by atoms with E-state index in [4.69, 9.17) is 4.74 Å². The Morgan fingerprint density at radius 3 is 2.47 bits per heavy atom. The minimum Gasteiger partial charge on any atom is -0.494 e. The van der Waals surface area contributed by atoms with Crippen molar-refractivity contribution < 1.29 is 4.74 Å². The molecule has 0 fully saturated rings. The first-order valence-corrected chi connectivity index (χ1v) is 5.40. The SMILES string of the molecule is O=NCCCCCCOc1ccccc1. The van der Waals surface area contributed by atoms with Gasteiger partial charge in [0.15, 0.2) is 0 Å². The molecular weight excluding hydrogens is 190 g/mol. The molecule has 0 bridgehead atoms. The van der Waals surface area contributed by atoms with Gasteiger partial charge >= 0.3 is 0 Å². The molecular formula is C12H17NO2. The number of benzene rings is 1. The zero-order valence-electron chi connectivity index (χ0n) is 8.89. The van der Waals surface area contributed by atoms with Gasteiger partial charge in [0.25, 0.3) is 0 Å². The van der Waals surface area contributed by atoms with E-state index >= 15 is 0 Å². The third-order valence-electron chi connectivity index (χ3n) is 2.16. The largest absolute Gasteiger partial charge is 0.494 e. The summed E-state index contributed by atoms with van der Waals surface area (Å²) in [6.07, 6.45) is 4.09. The minimum absolute atomic E-state index is 0.444. The van der Waals surface area contributed by atoms with Crippen LogP contribution >= 0.6 is 0 Å². The maximum Gasteiger partial charge on any atom is 0.119 e. The fraction of sp³-hybridized carbons (Fsp3) is 0.500. The highest BCUT2D eigenvalue weighted by atomic mass is 16.5. The summed E-state index contributed by atoms with van der Waals surface area (Å²) in [4.78, 5) is 9.80. The summed E-state index contributed by atoms with van der Waals surface area (Å²) in [5.41, 5.74) is 0. The van der Waals surface area contributed by atoms with Crippen molar-refractivity contribution in [2.45, 2.75) is 25.7 Å². The van der Waals surface area contributed by atoms with Crippen LogP contribution in [0.1, 0.15) is 25.7 Å². The van der Waals surface area contributed by atoms with Gasteiger partial charge in [-0.15, -0.1) is 0 Å². The van der Waals surface area contributed by atoms with E-state index in [9.17, 15) is 4.91 Å². The van der Waals surface area contributed by atoms with Crippen molar-refractivity contribution in [1.29, 1.82) is 0 Å². The summed E-state index contributed by atoms with van der Waals surface area (Å²) in [6.45, 7) is 1.19. The summed E-state index contributed by atoms with van der Waals surface area (Å²) in [7, 11) is 0. The predicted molar refractivity (Wildman–Crippen MR) is 61.1 cm³/mol. The van der Waals surface area contributed by atoms with E-state index in [1.807, 2.05) is 30.3 Å². The zero-order valence-corrected chi connectivity index (χ0v) is 8.89. The van der Waals surface area contributed by atoms with Gasteiger partial charge in [0.1, 0.15) is 5.75 Å². The van der Waals surface area contributed by atoms with Crippen LogP contribution in [0.2, 0.25) is 0 Å². The Morgan fingerprint density at radius 1 is 1.00 bits per heavy atom. The van der Waals surface area contributed by atoms with Crippen LogP contribution < -0.4 is 4.74 Å². The van der Waals surface area contributed by atoms with Crippen molar-refractivity contribution in [2.75, 3.05) is 13.2 Å². The van der Waals surface area contributed by atoms with Gasteiger partial charge in [0.2, 0.25) is 0 Å². The smallest absolute Gasteiger partial charge is 0.119 e. The monoisotopic (exact) mass is 207 g/mol. The fourth-order valence-corrected chi connectivity index (χ4v) is 1.34. The first kappa shape index (κ1) is 11.7. The number of hydrogen-bond acceptors (Lipinski definition) is 3. The van der Waals surface area contributed by atoms with Crippen molar-refractivity contribution in [2.24, 2.45) is 5.18 Å². The number of ether oxygens (including phenoxy) is 1. The van der Waals surface area contributed by atoms with Crippen molar-refractivity contribution in [3.05, 3.63) is 35.2 Å². The molecule has 3 heteroatoms. The number of nitroso groups, excluding NO2 is 1. The molecule has 0 heterocycles. The van der Waals surface area contributed by atoms with Crippen molar-refractivity contribution in [1.82, 2.24) is 0 Å². The van der Waals surface area contributed by atoms with E-state index in [1.165, 1.54) is 0 Å². The third kappa shape index (κ3) is 5.83. The highest BCUT2D eigenvalue weighted by molar-refractivity contribution is 5.20. The van der Waals surface area contributed by atoms with E-state index in [-0.39, 0.29) is 0 Å². The summed E-state index contributed by atoms with van der Waals surface area (Å²) < 4.78 is 5.53. The molecule has 15 heavy (non-hydrogen) atoms. The molecule has 0 aromatic heterocycles. The molecule has 0 saturated carbocycles. The molecule has 82 valence electrons. The van der Waals surface area contributed by atoms with Gasteiger partial charge in [0.05, 0.1) is 13.2 Å². The maximum atomic E-state index is 9.80. The second kappa shape index (κ2) is 7.97. The van der Waals surface area contributed by atoms with Crippen molar-refractivity contribution in [3.8, 4) is 5.75 Å². The van der Waals surface area contributed by atoms with Crippen LogP contribution in [0.25, 0.3) is 0 Å². The quantitative estimate of drug-likeness (QED) is 0.484. The highest BCUT2D eigenvalue weighted by Gasteiger charge is 1.92. The Hall–Kier alpha value is -1.38. The van der Waals surface area contributed by atoms with E-state index in [0.717, 1.165) is 38.0 Å². The maximum absolute atomic E-state index is 9.80. The first-order chi connectivity index (χ1) is 7.43. The Kier molecular flexibility index (Phi) is 6.21. The Bertz CT molecular complexity index is 262. The molecule has 0 unspecified atom stereocenters. The van der Waals surface area contributed by atoms with Crippen LogP contribution in [0.4, 0.5) is 0 Å². The van der Waals surface area contributed by atoms with Crippen LogP contribution in [0.15, 0.2) is 35.5 Å². The molecule has 3 nitrogen and oxygen atoms in total. The lowest BCUT2D eigenvalue weighted by molar-refractivity contribution is 0.305. The highest BCUT2D eigenvalue weighted by Crippen LogP contribution is 2.09. The molecule has 1 rings (SSSR count). The van der Waals surface area contributed by atoms with E-state index in [0.29, 0.717) is 6.54 Å². The van der Waals surface area contributed by atoms with Gasteiger partial charge in [-0.2, -0.15) is 4.91 Å². The number of nitrogens with zero attached hydrogens (tertiary/aromatic N) is 1. The van der Waals surface area contributed by atoms with Crippen LogP contribution in [-0.4, -0.2) is 13.2 Å². The van der Waals surface area contributed by atoms with E-state index in [1.54, 1.807) is 0 Å². The molecule has 1 aromatic carbocycles. The minimum atomic E-state index is 0.444. The van der Waals surface area contributed by atoms with Crippen LogP contribution in [0.5, 0.6) is 5.75 Å². The van der Waals surface area contributed by atoms with Gasteiger partial charge in [-0.1, -0.05) is 29.8 Å². The average Bonchev–Trinajstić information content (AvgIpc) is 2.29. The molecule has 0 saturated heterocycles. The molecule has 0 aliphatic carbocycles. The van der Waals surface area contributed by atoms with E-state index in [2.05, 4.69) is 5.18 Å². The molecule has 0 aliphatic rings. The Balaban J connectivity index is 1.95. The number of para-hydroxylation sites is 1. The summed E-state index contributed by atoms with van der Waals surface area (Å²) in [5.74, 6) is 0.923. The topological polar surface area (TPSA) is 38.7 Å². The van der Waals surface area contributed by atoms with Gasteiger partial charge in [-0.05, 0) is 31.4 Å². The number of rotatable bonds is 8. The lowest BCUT2D eigenvalue weighted by Crippen LogP contribution is -1.97. The summed E-state index contributed by atoms with van der Waals surface area (Å²) >= 11 is 0. The second-order valence-electron chi connectivity index (χ2n) is 3.43. The molecule has 0 N–H and O–H groups in total. The standard InChI is InChI=1S/C12H17NO2/c14-13-10-6-1-2-7-11-15-12-8-4-3-5-9-12/h3-5,8-9H,1-2,6-7,10-11H2. The normalized spacial score (nSPS) is 9.87. The number of hydrogen-bond donors (Lipinski definition) is 0. The van der Waals surface area contributed by atoms with Crippen LogP contribution in [0, 0.1) is 4.91 Å². The molecule has 0 aliphatic heterocycles. The molecule has 1 aromatic rings. The first-order valence-electron chi connectivity index (χ1n) is 5.40. The molecule has 0 atom stereocenters.